The maximum atomic E-state index is 13.2. The second-order valence-corrected chi connectivity index (χ2v) is 7.53. The number of fused-ring (bicyclic) bond motifs is 1. The molecule has 3 amide bonds. The van der Waals surface area contributed by atoms with Gasteiger partial charge in [-0.1, -0.05) is 0 Å². The summed E-state index contributed by atoms with van der Waals surface area (Å²) in [5.74, 6) is -3.95. The molecule has 1 aromatic rings. The van der Waals surface area contributed by atoms with Gasteiger partial charge >= 0.3 is 5.97 Å². The predicted molar refractivity (Wildman–Crippen MR) is 100 cm³/mol. The third-order valence-electron chi connectivity index (χ3n) is 5.90. The van der Waals surface area contributed by atoms with Crippen LogP contribution in [0, 0.1) is 17.7 Å². The molecule has 8 nitrogen and oxygen atoms in total. The number of imide groups is 1. The van der Waals surface area contributed by atoms with Crippen molar-refractivity contribution in [3.63, 3.8) is 0 Å². The lowest BCUT2D eigenvalue weighted by atomic mass is 9.81. The average molecular weight is 405 g/mol. The molecule has 3 rings (SSSR count). The minimum absolute atomic E-state index is 0.104. The number of amides is 3. The Bertz CT molecular complexity index is 858. The molecule has 2 saturated heterocycles. The monoisotopic (exact) mass is 405 g/mol. The van der Waals surface area contributed by atoms with Crippen molar-refractivity contribution in [2.24, 2.45) is 11.8 Å². The number of likely N-dealkylation sites (N-methyl/N-ethyl adjacent to an activating group) is 1. The van der Waals surface area contributed by atoms with Crippen molar-refractivity contribution in [2.75, 3.05) is 27.2 Å². The molecular formula is C20H24FN3O5. The van der Waals surface area contributed by atoms with Crippen molar-refractivity contribution in [1.82, 2.24) is 15.1 Å². The van der Waals surface area contributed by atoms with Gasteiger partial charge in [-0.3, -0.25) is 29.4 Å². The van der Waals surface area contributed by atoms with Crippen LogP contribution in [0.4, 0.5) is 4.39 Å². The minimum atomic E-state index is -1.38. The number of nitrogens with one attached hydrogen (secondary N) is 1. The van der Waals surface area contributed by atoms with E-state index in [-0.39, 0.29) is 12.5 Å². The fraction of sp³-hybridized carbons (Fsp3) is 0.500. The van der Waals surface area contributed by atoms with Crippen molar-refractivity contribution < 1.29 is 28.3 Å². The summed E-state index contributed by atoms with van der Waals surface area (Å²) in [4.78, 5) is 53.2. The van der Waals surface area contributed by atoms with Gasteiger partial charge in [-0.05, 0) is 38.1 Å². The van der Waals surface area contributed by atoms with E-state index >= 15 is 0 Å². The van der Waals surface area contributed by atoms with Gasteiger partial charge < -0.3 is 9.64 Å². The number of hydrogen-bond acceptors (Lipinski definition) is 6. The van der Waals surface area contributed by atoms with E-state index in [0.717, 1.165) is 4.90 Å². The topological polar surface area (TPSA) is 96.0 Å². The molecule has 1 N–H and O–H groups in total. The zero-order chi connectivity index (χ0) is 21.5. The van der Waals surface area contributed by atoms with Crippen LogP contribution >= 0.6 is 0 Å². The van der Waals surface area contributed by atoms with Crippen LogP contribution in [-0.2, 0) is 19.1 Å². The first-order valence-electron chi connectivity index (χ1n) is 9.38. The average Bonchev–Trinajstić information content (AvgIpc) is 3.14. The van der Waals surface area contributed by atoms with Crippen LogP contribution in [0.2, 0.25) is 0 Å². The Balaban J connectivity index is 1.89. The summed E-state index contributed by atoms with van der Waals surface area (Å²) in [6, 6.07) is 4.57. The molecule has 156 valence electrons. The lowest BCUT2D eigenvalue weighted by Crippen LogP contribution is -2.56. The fourth-order valence-electron chi connectivity index (χ4n) is 4.34. The van der Waals surface area contributed by atoms with Crippen LogP contribution in [-0.4, -0.2) is 72.3 Å². The Kier molecular flexibility index (Phi) is 5.44. The third-order valence-corrected chi connectivity index (χ3v) is 5.90. The number of esters is 1. The quantitative estimate of drug-likeness (QED) is 0.564. The Hall–Kier alpha value is -2.81. The molecule has 0 spiro atoms. The summed E-state index contributed by atoms with van der Waals surface area (Å²) >= 11 is 0. The summed E-state index contributed by atoms with van der Waals surface area (Å²) in [7, 11) is 2.61. The summed E-state index contributed by atoms with van der Waals surface area (Å²) in [5, 5.41) is 3.08. The van der Waals surface area contributed by atoms with E-state index in [9.17, 15) is 23.6 Å². The van der Waals surface area contributed by atoms with Crippen LogP contribution < -0.4 is 5.32 Å². The normalized spacial score (nSPS) is 28.4. The van der Waals surface area contributed by atoms with E-state index in [4.69, 9.17) is 4.74 Å². The van der Waals surface area contributed by atoms with Crippen LogP contribution in [0.3, 0.4) is 0 Å². The standard InChI is InChI=1S/C20H24FN3O5/c1-5-24(16(25)11-6-8-12(21)9-7-11)10-13-14-15(18(27)23(3)17(14)26)20(2,22-13)19(28)29-4/h6-9,13-15,22H,5,10H2,1-4H3/t13-,14+,15-,20-/m1/s1. The molecule has 2 heterocycles. The number of ether oxygens (including phenoxy) is 1. The second-order valence-electron chi connectivity index (χ2n) is 7.53. The molecule has 2 aliphatic rings. The van der Waals surface area contributed by atoms with Crippen molar-refractivity contribution in [3.05, 3.63) is 35.6 Å². The molecule has 4 atom stereocenters. The van der Waals surface area contributed by atoms with E-state index in [0.29, 0.717) is 12.1 Å². The van der Waals surface area contributed by atoms with Gasteiger partial charge in [-0.2, -0.15) is 0 Å². The molecule has 0 saturated carbocycles. The highest BCUT2D eigenvalue weighted by Crippen LogP contribution is 2.43. The molecule has 0 radical (unpaired) electrons. The number of carbonyl (C=O) groups is 4. The van der Waals surface area contributed by atoms with Crippen molar-refractivity contribution in [1.29, 1.82) is 0 Å². The zero-order valence-corrected chi connectivity index (χ0v) is 16.8. The van der Waals surface area contributed by atoms with E-state index in [2.05, 4.69) is 5.32 Å². The summed E-state index contributed by atoms with van der Waals surface area (Å²) < 4.78 is 18.0. The Morgan fingerprint density at radius 1 is 1.24 bits per heavy atom. The SMILES string of the molecule is CCN(C[C@H]1N[C@@](C)(C(=O)OC)[C@H]2C(=O)N(C)C(=O)[C@@H]12)C(=O)c1ccc(F)cc1. The molecule has 29 heavy (non-hydrogen) atoms. The Morgan fingerprint density at radius 2 is 1.86 bits per heavy atom. The maximum absolute atomic E-state index is 13.2. The number of rotatable bonds is 5. The van der Waals surface area contributed by atoms with Crippen molar-refractivity contribution in [2.45, 2.75) is 25.4 Å². The molecule has 9 heteroatoms. The van der Waals surface area contributed by atoms with Gasteiger partial charge in [-0.25, -0.2) is 4.39 Å². The lowest BCUT2D eigenvalue weighted by Gasteiger charge is -2.30. The number of methoxy groups -OCH3 is 1. The van der Waals surface area contributed by atoms with Crippen LogP contribution in [0.1, 0.15) is 24.2 Å². The van der Waals surface area contributed by atoms with Crippen LogP contribution in [0.25, 0.3) is 0 Å². The number of benzene rings is 1. The van der Waals surface area contributed by atoms with E-state index in [1.54, 1.807) is 13.8 Å². The highest BCUT2D eigenvalue weighted by molar-refractivity contribution is 6.09. The lowest BCUT2D eigenvalue weighted by molar-refractivity contribution is -0.152. The van der Waals surface area contributed by atoms with E-state index in [1.165, 1.54) is 43.3 Å². The summed E-state index contributed by atoms with van der Waals surface area (Å²) in [6.07, 6.45) is 0. The molecule has 0 unspecified atom stereocenters. The summed E-state index contributed by atoms with van der Waals surface area (Å²) in [5.41, 5.74) is -1.07. The Morgan fingerprint density at radius 3 is 2.41 bits per heavy atom. The largest absolute Gasteiger partial charge is 0.468 e. The number of halogens is 1. The van der Waals surface area contributed by atoms with Gasteiger partial charge in [0.05, 0.1) is 18.9 Å². The van der Waals surface area contributed by atoms with Gasteiger partial charge in [0.2, 0.25) is 11.8 Å². The Labute approximate surface area is 168 Å². The minimum Gasteiger partial charge on any atom is -0.468 e. The molecule has 2 fully saturated rings. The first-order chi connectivity index (χ1) is 13.7. The van der Waals surface area contributed by atoms with Crippen LogP contribution in [0.15, 0.2) is 24.3 Å². The zero-order valence-electron chi connectivity index (χ0n) is 16.8. The molecule has 1 aromatic carbocycles. The molecule has 0 aliphatic carbocycles. The van der Waals surface area contributed by atoms with Gasteiger partial charge in [0.15, 0.2) is 0 Å². The van der Waals surface area contributed by atoms with E-state index < -0.39 is 47.0 Å². The smallest absolute Gasteiger partial charge is 0.326 e. The van der Waals surface area contributed by atoms with E-state index in [1.807, 2.05) is 0 Å². The molecule has 0 aromatic heterocycles. The molecule has 0 bridgehead atoms. The molecular weight excluding hydrogens is 381 g/mol. The number of carbonyl (C=O) groups excluding carboxylic acids is 4. The number of likely N-dealkylation sites (tertiary alicyclic amines) is 1. The van der Waals surface area contributed by atoms with Gasteiger partial charge in [-0.15, -0.1) is 0 Å². The summed E-state index contributed by atoms with van der Waals surface area (Å²) in [6.45, 7) is 3.76. The van der Waals surface area contributed by atoms with Crippen LogP contribution in [0.5, 0.6) is 0 Å². The first kappa shape index (κ1) is 20.9. The van der Waals surface area contributed by atoms with Gasteiger partial charge in [0, 0.05) is 31.7 Å². The number of nitrogens with zero attached hydrogens (tertiary/aromatic N) is 2. The highest BCUT2D eigenvalue weighted by atomic mass is 19.1. The third kappa shape index (κ3) is 3.29. The second kappa shape index (κ2) is 7.55. The van der Waals surface area contributed by atoms with Crippen molar-refractivity contribution >= 4 is 23.7 Å². The highest BCUT2D eigenvalue weighted by Gasteiger charge is 2.66. The fourth-order valence-corrected chi connectivity index (χ4v) is 4.34. The predicted octanol–water partition coefficient (Wildman–Crippen LogP) is 0.422. The molecule has 2 aliphatic heterocycles. The van der Waals surface area contributed by atoms with Gasteiger partial charge in [0.25, 0.3) is 5.91 Å². The van der Waals surface area contributed by atoms with Gasteiger partial charge in [0.1, 0.15) is 11.4 Å². The first-order valence-corrected chi connectivity index (χ1v) is 9.38. The number of hydrogen-bond donors (Lipinski definition) is 1. The maximum Gasteiger partial charge on any atom is 0.326 e. The van der Waals surface area contributed by atoms with Crippen molar-refractivity contribution in [3.8, 4) is 0 Å².